The molecule has 1 saturated heterocycles. The molecule has 0 aliphatic carbocycles. The van der Waals surface area contributed by atoms with E-state index >= 15 is 0 Å². The summed E-state index contributed by atoms with van der Waals surface area (Å²) in [5, 5.41) is 0.911. The van der Waals surface area contributed by atoms with Gasteiger partial charge in [0.15, 0.2) is 0 Å². The molecule has 9 heteroatoms. The van der Waals surface area contributed by atoms with Crippen LogP contribution in [0.5, 0.6) is 0 Å². The van der Waals surface area contributed by atoms with Gasteiger partial charge in [-0.05, 0) is 63.1 Å². The highest BCUT2D eigenvalue weighted by Crippen LogP contribution is 2.45. The summed E-state index contributed by atoms with van der Waals surface area (Å²) in [6, 6.07) is 13.8. The molecule has 176 valence electrons. The molecule has 3 amide bonds. The maximum atomic E-state index is 13.6. The first-order valence-electron chi connectivity index (χ1n) is 11.0. The highest BCUT2D eigenvalue weighted by molar-refractivity contribution is 7.89. The lowest BCUT2D eigenvalue weighted by Crippen LogP contribution is -2.43. The van der Waals surface area contributed by atoms with Crippen LogP contribution in [0.2, 0.25) is 0 Å². The molecule has 0 radical (unpaired) electrons. The predicted octanol–water partition coefficient (Wildman–Crippen LogP) is 3.85. The van der Waals surface area contributed by atoms with Crippen molar-refractivity contribution in [3.63, 3.8) is 0 Å². The van der Waals surface area contributed by atoms with E-state index in [4.69, 9.17) is 0 Å². The topological polar surface area (TPSA) is 90.9 Å². The van der Waals surface area contributed by atoms with E-state index in [1.54, 1.807) is 32.2 Å². The number of rotatable bonds is 3. The quantitative estimate of drug-likeness (QED) is 0.534. The maximum absolute atomic E-state index is 13.6. The number of urea groups is 1. The minimum atomic E-state index is -3.73. The Balaban J connectivity index is 1.56. The van der Waals surface area contributed by atoms with Crippen molar-refractivity contribution in [2.75, 3.05) is 11.9 Å². The Morgan fingerprint density at radius 3 is 2.38 bits per heavy atom. The average Bonchev–Trinajstić information content (AvgIpc) is 3.05. The Morgan fingerprint density at radius 2 is 1.65 bits per heavy atom. The number of aromatic nitrogens is 1. The van der Waals surface area contributed by atoms with Crippen LogP contribution in [0.25, 0.3) is 10.9 Å². The number of nitrogens with zero attached hydrogens (tertiary/aromatic N) is 4. The number of hydrogen-bond donors (Lipinski definition) is 0. The first-order valence-corrected chi connectivity index (χ1v) is 12.4. The van der Waals surface area contributed by atoms with Crippen LogP contribution in [-0.2, 0) is 26.9 Å². The van der Waals surface area contributed by atoms with Gasteiger partial charge in [-0.3, -0.25) is 9.78 Å². The van der Waals surface area contributed by atoms with Gasteiger partial charge >= 0.3 is 6.03 Å². The Bertz CT molecular complexity index is 1470. The normalized spacial score (nSPS) is 20.9. The molecule has 34 heavy (non-hydrogen) atoms. The predicted molar refractivity (Wildman–Crippen MR) is 129 cm³/mol. The molecular formula is C25H26N4O4S. The van der Waals surface area contributed by atoms with Gasteiger partial charge in [0, 0.05) is 25.2 Å². The minimum Gasteiger partial charge on any atom is -0.305 e. The first-order chi connectivity index (χ1) is 15.9. The lowest BCUT2D eigenvalue weighted by molar-refractivity contribution is -0.123. The number of carbonyl (C=O) groups is 2. The van der Waals surface area contributed by atoms with Gasteiger partial charge < -0.3 is 4.90 Å². The molecule has 0 unspecified atom stereocenters. The van der Waals surface area contributed by atoms with E-state index < -0.39 is 33.0 Å². The van der Waals surface area contributed by atoms with Gasteiger partial charge in [-0.2, -0.15) is 4.31 Å². The Hall–Kier alpha value is -3.30. The van der Waals surface area contributed by atoms with Crippen molar-refractivity contribution >= 4 is 38.6 Å². The van der Waals surface area contributed by atoms with Crippen LogP contribution in [0, 0.1) is 0 Å². The highest BCUT2D eigenvalue weighted by Gasteiger charge is 2.53. The molecule has 2 aromatic carbocycles. The molecule has 2 aliphatic heterocycles. The third-order valence-electron chi connectivity index (χ3n) is 7.20. The number of pyridine rings is 1. The van der Waals surface area contributed by atoms with Crippen LogP contribution in [0.4, 0.5) is 10.5 Å². The highest BCUT2D eigenvalue weighted by atomic mass is 32.2. The Morgan fingerprint density at radius 1 is 0.941 bits per heavy atom. The lowest BCUT2D eigenvalue weighted by atomic mass is 9.94. The number of benzene rings is 2. The van der Waals surface area contributed by atoms with E-state index in [0.29, 0.717) is 5.56 Å². The molecule has 1 fully saturated rings. The molecule has 2 aliphatic rings. The van der Waals surface area contributed by atoms with Crippen molar-refractivity contribution < 1.29 is 18.0 Å². The van der Waals surface area contributed by atoms with Gasteiger partial charge in [0.1, 0.15) is 5.54 Å². The minimum absolute atomic E-state index is 0.120. The second kappa shape index (κ2) is 7.10. The Kier molecular flexibility index (Phi) is 4.70. The third kappa shape index (κ3) is 2.93. The molecule has 3 heterocycles. The van der Waals surface area contributed by atoms with Gasteiger partial charge in [-0.15, -0.1) is 0 Å². The summed E-state index contributed by atoms with van der Waals surface area (Å²) in [4.78, 5) is 34.1. The summed E-state index contributed by atoms with van der Waals surface area (Å²) in [6.45, 7) is 7.28. The SMILES string of the molecule is CN1C(C)(C)c2ccc(N3C(=O)N(Cc4ccnc5ccccc45)C(C)(C)C3=O)cc2S1(=O)=O. The zero-order valence-corrected chi connectivity index (χ0v) is 20.5. The van der Waals surface area contributed by atoms with E-state index in [1.807, 2.05) is 44.2 Å². The van der Waals surface area contributed by atoms with Crippen LogP contribution in [0.3, 0.4) is 0 Å². The fraction of sp³-hybridized carbons (Fsp3) is 0.320. The van der Waals surface area contributed by atoms with Crippen molar-refractivity contribution in [1.82, 2.24) is 14.2 Å². The summed E-state index contributed by atoms with van der Waals surface area (Å²) >= 11 is 0. The molecule has 0 bridgehead atoms. The molecule has 8 nitrogen and oxygen atoms in total. The summed E-state index contributed by atoms with van der Waals surface area (Å²) in [5.74, 6) is -0.404. The standard InChI is InChI=1S/C25H26N4O4S/c1-24(2)19-11-10-17(14-21(19)34(32,33)27(24)5)29-22(30)25(3,4)28(23(29)31)15-16-12-13-26-20-9-7-6-8-18(16)20/h6-14H,15H2,1-5H3. The Labute approximate surface area is 198 Å². The van der Waals surface area contributed by atoms with E-state index in [9.17, 15) is 18.0 Å². The number of fused-ring (bicyclic) bond motifs is 2. The number of hydrogen-bond acceptors (Lipinski definition) is 5. The molecular weight excluding hydrogens is 452 g/mol. The molecule has 3 aromatic rings. The van der Waals surface area contributed by atoms with Crippen molar-refractivity contribution in [1.29, 1.82) is 0 Å². The van der Waals surface area contributed by atoms with E-state index in [0.717, 1.165) is 21.4 Å². The molecule has 0 saturated carbocycles. The molecule has 0 atom stereocenters. The van der Waals surface area contributed by atoms with E-state index in [-0.39, 0.29) is 17.1 Å². The number of carbonyl (C=O) groups excluding carboxylic acids is 2. The van der Waals surface area contributed by atoms with Gasteiger partial charge in [0.05, 0.1) is 21.6 Å². The van der Waals surface area contributed by atoms with Gasteiger partial charge in [-0.1, -0.05) is 24.3 Å². The average molecular weight is 479 g/mol. The van der Waals surface area contributed by atoms with Crippen molar-refractivity contribution in [3.05, 3.63) is 65.9 Å². The number of amides is 3. The lowest BCUT2D eigenvalue weighted by Gasteiger charge is -2.28. The van der Waals surface area contributed by atoms with Crippen molar-refractivity contribution in [3.8, 4) is 0 Å². The summed E-state index contributed by atoms with van der Waals surface area (Å²) in [7, 11) is -2.20. The van der Waals surface area contributed by atoms with E-state index in [2.05, 4.69) is 4.98 Å². The molecule has 1 aromatic heterocycles. The molecule has 5 rings (SSSR count). The zero-order chi connectivity index (χ0) is 24.6. The van der Waals surface area contributed by atoms with E-state index in [1.165, 1.54) is 22.3 Å². The van der Waals surface area contributed by atoms with Crippen molar-refractivity contribution in [2.24, 2.45) is 0 Å². The van der Waals surface area contributed by atoms with Gasteiger partial charge in [0.25, 0.3) is 5.91 Å². The van der Waals surface area contributed by atoms with Crippen LogP contribution in [-0.4, -0.2) is 47.1 Å². The van der Waals surface area contributed by atoms with Crippen LogP contribution < -0.4 is 4.90 Å². The van der Waals surface area contributed by atoms with Gasteiger partial charge in [0.2, 0.25) is 10.0 Å². The first kappa shape index (κ1) is 22.5. The number of imide groups is 1. The fourth-order valence-electron chi connectivity index (χ4n) is 4.78. The third-order valence-corrected chi connectivity index (χ3v) is 9.27. The monoisotopic (exact) mass is 478 g/mol. The number of para-hydroxylation sites is 1. The van der Waals surface area contributed by atoms with Crippen LogP contribution >= 0.6 is 0 Å². The molecule has 0 spiro atoms. The fourth-order valence-corrected chi connectivity index (χ4v) is 6.64. The zero-order valence-electron chi connectivity index (χ0n) is 19.7. The summed E-state index contributed by atoms with van der Waals surface area (Å²) in [6.07, 6.45) is 1.69. The second-order valence-corrected chi connectivity index (χ2v) is 11.7. The maximum Gasteiger partial charge on any atom is 0.332 e. The summed E-state index contributed by atoms with van der Waals surface area (Å²) in [5.41, 5.74) is 0.732. The largest absolute Gasteiger partial charge is 0.332 e. The van der Waals surface area contributed by atoms with Crippen molar-refractivity contribution in [2.45, 2.75) is 50.2 Å². The second-order valence-electron chi connectivity index (χ2n) is 9.77. The number of sulfonamides is 1. The van der Waals surface area contributed by atoms with Crippen LogP contribution in [0.1, 0.15) is 38.8 Å². The summed E-state index contributed by atoms with van der Waals surface area (Å²) < 4.78 is 27.3. The van der Waals surface area contributed by atoms with Gasteiger partial charge in [-0.25, -0.2) is 18.1 Å². The smallest absolute Gasteiger partial charge is 0.305 e. The van der Waals surface area contributed by atoms with Crippen LogP contribution in [0.15, 0.2) is 59.6 Å². The number of anilines is 1. The molecule has 0 N–H and O–H groups in total.